The van der Waals surface area contributed by atoms with Crippen LogP contribution in [0.3, 0.4) is 0 Å². The summed E-state index contributed by atoms with van der Waals surface area (Å²) in [4.78, 5) is 18.1. The average molecular weight is 135 g/mol. The third kappa shape index (κ3) is 1.41. The van der Waals surface area contributed by atoms with Gasteiger partial charge in [0.05, 0.1) is 0 Å². The van der Waals surface area contributed by atoms with Gasteiger partial charge in [-0.1, -0.05) is 6.92 Å². The SMILES string of the molecule is CC1CC[P+](O)(O)C1. The summed E-state index contributed by atoms with van der Waals surface area (Å²) in [6, 6.07) is 0. The molecule has 2 N–H and O–H groups in total. The van der Waals surface area contributed by atoms with Gasteiger partial charge in [-0.25, -0.2) is 9.79 Å². The minimum absolute atomic E-state index is 0.540. The molecule has 1 rings (SSSR count). The summed E-state index contributed by atoms with van der Waals surface area (Å²) in [7, 11) is -2.35. The zero-order valence-electron chi connectivity index (χ0n) is 5.04. The van der Waals surface area contributed by atoms with E-state index in [1.54, 1.807) is 0 Å². The number of hydrogen-bond donors (Lipinski definition) is 2. The minimum atomic E-state index is -2.35. The van der Waals surface area contributed by atoms with Gasteiger partial charge in [0.25, 0.3) is 7.72 Å². The van der Waals surface area contributed by atoms with Crippen LogP contribution in [0, 0.1) is 5.92 Å². The van der Waals surface area contributed by atoms with E-state index in [-0.39, 0.29) is 0 Å². The van der Waals surface area contributed by atoms with E-state index in [0.717, 1.165) is 6.42 Å². The monoisotopic (exact) mass is 135 g/mol. The molecule has 0 aromatic rings. The second-order valence-corrected chi connectivity index (χ2v) is 5.25. The fourth-order valence-corrected chi connectivity index (χ4v) is 3.33. The quantitative estimate of drug-likeness (QED) is 0.483. The Balaban J connectivity index is 2.44. The van der Waals surface area contributed by atoms with Gasteiger partial charge in [0.15, 0.2) is 0 Å². The zero-order valence-corrected chi connectivity index (χ0v) is 5.93. The third-order valence-corrected chi connectivity index (χ3v) is 3.77. The first kappa shape index (κ1) is 6.47. The summed E-state index contributed by atoms with van der Waals surface area (Å²) < 4.78 is 0. The van der Waals surface area contributed by atoms with Crippen molar-refractivity contribution in [2.75, 3.05) is 12.3 Å². The second kappa shape index (κ2) is 1.94. The van der Waals surface area contributed by atoms with E-state index >= 15 is 0 Å². The van der Waals surface area contributed by atoms with Crippen LogP contribution < -0.4 is 0 Å². The Morgan fingerprint density at radius 3 is 2.25 bits per heavy atom. The smallest absolute Gasteiger partial charge is 0.220 e. The molecule has 1 aliphatic heterocycles. The molecule has 1 fully saturated rings. The van der Waals surface area contributed by atoms with Gasteiger partial charge in [0.1, 0.15) is 12.3 Å². The van der Waals surface area contributed by atoms with E-state index in [2.05, 4.69) is 6.92 Å². The van der Waals surface area contributed by atoms with Crippen LogP contribution in [0.4, 0.5) is 0 Å². The Hall–Kier alpha value is 0.350. The Morgan fingerprint density at radius 1 is 1.50 bits per heavy atom. The molecular formula is C5H12O2P+. The lowest BCUT2D eigenvalue weighted by molar-refractivity contribution is 0.456. The number of rotatable bonds is 0. The van der Waals surface area contributed by atoms with E-state index in [1.807, 2.05) is 0 Å². The van der Waals surface area contributed by atoms with Gasteiger partial charge < -0.3 is 0 Å². The summed E-state index contributed by atoms with van der Waals surface area (Å²) in [6.45, 7) is 2.06. The molecule has 1 unspecified atom stereocenters. The van der Waals surface area contributed by atoms with Gasteiger partial charge in [0.2, 0.25) is 0 Å². The van der Waals surface area contributed by atoms with Crippen LogP contribution in [0.1, 0.15) is 13.3 Å². The largest absolute Gasteiger partial charge is 0.268 e. The minimum Gasteiger partial charge on any atom is -0.220 e. The molecule has 0 saturated carbocycles. The van der Waals surface area contributed by atoms with E-state index in [0.29, 0.717) is 18.2 Å². The maximum Gasteiger partial charge on any atom is 0.268 e. The number of hydrogen-bond acceptors (Lipinski definition) is 2. The lowest BCUT2D eigenvalue weighted by Crippen LogP contribution is -1.93. The van der Waals surface area contributed by atoms with Crippen molar-refractivity contribution in [3.05, 3.63) is 0 Å². The van der Waals surface area contributed by atoms with E-state index in [1.165, 1.54) is 0 Å². The first-order chi connectivity index (χ1) is 3.60. The van der Waals surface area contributed by atoms with Crippen molar-refractivity contribution < 1.29 is 9.79 Å². The molecule has 0 bridgehead atoms. The van der Waals surface area contributed by atoms with Crippen molar-refractivity contribution in [2.24, 2.45) is 5.92 Å². The standard InChI is InChI=1S/C5H12O2P/c1-5-2-3-8(6,7)4-5/h5-7H,2-4H2,1H3/q+1. The molecule has 0 aliphatic carbocycles. The van der Waals surface area contributed by atoms with Gasteiger partial charge >= 0.3 is 0 Å². The van der Waals surface area contributed by atoms with Crippen LogP contribution in [0.5, 0.6) is 0 Å². The molecular weight excluding hydrogens is 123 g/mol. The van der Waals surface area contributed by atoms with Gasteiger partial charge in [-0.3, -0.25) is 0 Å². The van der Waals surface area contributed by atoms with Gasteiger partial charge in [-0.05, 0) is 12.3 Å². The van der Waals surface area contributed by atoms with Crippen LogP contribution in [-0.2, 0) is 0 Å². The van der Waals surface area contributed by atoms with Crippen molar-refractivity contribution in [1.82, 2.24) is 0 Å². The lowest BCUT2D eigenvalue weighted by Gasteiger charge is -2.01. The van der Waals surface area contributed by atoms with Crippen LogP contribution >= 0.6 is 7.72 Å². The maximum atomic E-state index is 9.03. The Bertz CT molecular complexity index is 92.4. The predicted octanol–water partition coefficient (Wildman–Crippen LogP) is 0.858. The van der Waals surface area contributed by atoms with Crippen molar-refractivity contribution >= 4 is 7.72 Å². The van der Waals surface area contributed by atoms with Crippen molar-refractivity contribution in [1.29, 1.82) is 0 Å². The second-order valence-electron chi connectivity index (χ2n) is 2.68. The van der Waals surface area contributed by atoms with E-state index in [4.69, 9.17) is 9.79 Å². The fraction of sp³-hybridized carbons (Fsp3) is 1.00. The zero-order chi connectivity index (χ0) is 6.20. The average Bonchev–Trinajstić information content (AvgIpc) is 1.82. The molecule has 0 spiro atoms. The maximum absolute atomic E-state index is 9.03. The highest BCUT2D eigenvalue weighted by Crippen LogP contribution is 2.57. The summed E-state index contributed by atoms with van der Waals surface area (Å²) in [5, 5.41) is 0. The van der Waals surface area contributed by atoms with Crippen molar-refractivity contribution in [3.63, 3.8) is 0 Å². The summed E-state index contributed by atoms with van der Waals surface area (Å²) in [5.74, 6) is 0.540. The van der Waals surface area contributed by atoms with Crippen LogP contribution in [0.15, 0.2) is 0 Å². The molecule has 0 amide bonds. The van der Waals surface area contributed by atoms with Gasteiger partial charge in [0, 0.05) is 0 Å². The topological polar surface area (TPSA) is 40.5 Å². The third-order valence-electron chi connectivity index (χ3n) is 1.58. The predicted molar refractivity (Wildman–Crippen MR) is 34.9 cm³/mol. The van der Waals surface area contributed by atoms with E-state index in [9.17, 15) is 0 Å². The molecule has 0 aromatic heterocycles. The van der Waals surface area contributed by atoms with Crippen molar-refractivity contribution in [3.8, 4) is 0 Å². The molecule has 48 valence electrons. The summed E-state index contributed by atoms with van der Waals surface area (Å²) in [6.07, 6.45) is 2.32. The highest BCUT2D eigenvalue weighted by atomic mass is 31.2. The molecule has 2 nitrogen and oxygen atoms in total. The first-order valence-electron chi connectivity index (χ1n) is 2.93. The summed E-state index contributed by atoms with van der Waals surface area (Å²) >= 11 is 0. The molecule has 8 heavy (non-hydrogen) atoms. The molecule has 1 saturated heterocycles. The summed E-state index contributed by atoms with van der Waals surface area (Å²) in [5.41, 5.74) is 0. The van der Waals surface area contributed by atoms with Gasteiger partial charge in [-0.15, -0.1) is 0 Å². The highest BCUT2D eigenvalue weighted by Gasteiger charge is 2.41. The fourth-order valence-electron chi connectivity index (χ4n) is 1.11. The molecule has 1 heterocycles. The first-order valence-corrected chi connectivity index (χ1v) is 4.99. The molecule has 1 atom stereocenters. The van der Waals surface area contributed by atoms with Gasteiger partial charge in [-0.2, -0.15) is 0 Å². The van der Waals surface area contributed by atoms with Crippen LogP contribution in [0.2, 0.25) is 0 Å². The normalized spacial score (nSPS) is 35.6. The van der Waals surface area contributed by atoms with Crippen molar-refractivity contribution in [2.45, 2.75) is 13.3 Å². The highest BCUT2D eigenvalue weighted by molar-refractivity contribution is 7.64. The molecule has 3 heteroatoms. The Morgan fingerprint density at radius 2 is 2.12 bits per heavy atom. The van der Waals surface area contributed by atoms with Crippen LogP contribution in [-0.4, -0.2) is 22.1 Å². The van der Waals surface area contributed by atoms with E-state index < -0.39 is 7.72 Å². The molecule has 0 radical (unpaired) electrons. The molecule has 0 aromatic carbocycles. The Kier molecular flexibility index (Phi) is 1.57. The molecule has 1 aliphatic rings. The van der Waals surface area contributed by atoms with Crippen LogP contribution in [0.25, 0.3) is 0 Å². The lowest BCUT2D eigenvalue weighted by atomic mass is 10.2. The Labute approximate surface area is 50.0 Å².